The first-order chi connectivity index (χ1) is 7.27. The van der Waals surface area contributed by atoms with Gasteiger partial charge in [-0.15, -0.1) is 0 Å². The zero-order valence-electron chi connectivity index (χ0n) is 9.25. The summed E-state index contributed by atoms with van der Waals surface area (Å²) in [6.07, 6.45) is 0.964. The molecule has 0 saturated heterocycles. The van der Waals surface area contributed by atoms with Gasteiger partial charge in [0.05, 0.1) is 6.61 Å². The number of hydrogen-bond acceptors (Lipinski definition) is 2. The van der Waals surface area contributed by atoms with E-state index in [4.69, 9.17) is 4.74 Å². The molecule has 0 saturated carbocycles. The van der Waals surface area contributed by atoms with Crippen LogP contribution in [0.5, 0.6) is 5.75 Å². The summed E-state index contributed by atoms with van der Waals surface area (Å²) in [5, 5.41) is 2.75. The molecule has 0 fully saturated rings. The maximum atomic E-state index is 11.5. The van der Waals surface area contributed by atoms with Crippen LogP contribution in [0.25, 0.3) is 0 Å². The van der Waals surface area contributed by atoms with E-state index in [1.54, 1.807) is 12.1 Å². The fourth-order valence-electron chi connectivity index (χ4n) is 1.21. The summed E-state index contributed by atoms with van der Waals surface area (Å²) < 4.78 is 5.44. The highest BCUT2D eigenvalue weighted by molar-refractivity contribution is 5.94. The largest absolute Gasteiger partial charge is 0.494 e. The van der Waals surface area contributed by atoms with E-state index in [2.05, 4.69) is 5.32 Å². The lowest BCUT2D eigenvalue weighted by Gasteiger charge is -2.06. The number of amides is 1. The third kappa shape index (κ3) is 3.62. The van der Waals surface area contributed by atoms with Gasteiger partial charge in [-0.1, -0.05) is 13.0 Å². The van der Waals surface area contributed by atoms with E-state index in [1.165, 1.54) is 0 Å². The van der Waals surface area contributed by atoms with Gasteiger partial charge in [-0.3, -0.25) is 4.79 Å². The SMILES string of the molecule is CCCOc1cccc(C(=O)NCC)c1. The van der Waals surface area contributed by atoms with Gasteiger partial charge in [-0.05, 0) is 31.5 Å². The van der Waals surface area contributed by atoms with Crippen molar-refractivity contribution < 1.29 is 9.53 Å². The molecule has 0 bridgehead atoms. The first-order valence-electron chi connectivity index (χ1n) is 5.29. The highest BCUT2D eigenvalue weighted by Gasteiger charge is 2.04. The first kappa shape index (κ1) is 11.6. The summed E-state index contributed by atoms with van der Waals surface area (Å²) in [5.74, 6) is 0.694. The number of carbonyl (C=O) groups excluding carboxylic acids is 1. The third-order valence-corrected chi connectivity index (χ3v) is 1.91. The lowest BCUT2D eigenvalue weighted by molar-refractivity contribution is 0.0955. The second-order valence-corrected chi connectivity index (χ2v) is 3.24. The van der Waals surface area contributed by atoms with Crippen LogP contribution in [0.4, 0.5) is 0 Å². The Morgan fingerprint density at radius 2 is 2.20 bits per heavy atom. The molecule has 0 spiro atoms. The smallest absolute Gasteiger partial charge is 0.251 e. The molecule has 1 N–H and O–H groups in total. The van der Waals surface area contributed by atoms with E-state index in [0.717, 1.165) is 12.2 Å². The minimum absolute atomic E-state index is 0.0561. The standard InChI is InChI=1S/C12H17NO2/c1-3-8-15-11-7-5-6-10(9-11)12(14)13-4-2/h5-7,9H,3-4,8H2,1-2H3,(H,13,14). The molecule has 82 valence electrons. The quantitative estimate of drug-likeness (QED) is 0.804. The summed E-state index contributed by atoms with van der Waals surface area (Å²) in [5.41, 5.74) is 0.644. The number of benzene rings is 1. The number of rotatable bonds is 5. The molecular weight excluding hydrogens is 190 g/mol. The van der Waals surface area contributed by atoms with E-state index in [9.17, 15) is 4.79 Å². The van der Waals surface area contributed by atoms with Gasteiger partial charge in [0.15, 0.2) is 0 Å². The Labute approximate surface area is 90.4 Å². The molecule has 0 unspecified atom stereocenters. The molecule has 15 heavy (non-hydrogen) atoms. The van der Waals surface area contributed by atoms with Gasteiger partial charge in [0.2, 0.25) is 0 Å². The van der Waals surface area contributed by atoms with Crippen molar-refractivity contribution in [1.82, 2.24) is 5.32 Å². The van der Waals surface area contributed by atoms with Crippen LogP contribution >= 0.6 is 0 Å². The minimum atomic E-state index is -0.0561. The van der Waals surface area contributed by atoms with Crippen LogP contribution in [0.15, 0.2) is 24.3 Å². The zero-order chi connectivity index (χ0) is 11.1. The van der Waals surface area contributed by atoms with Gasteiger partial charge < -0.3 is 10.1 Å². The van der Waals surface area contributed by atoms with Crippen LogP contribution in [-0.4, -0.2) is 19.1 Å². The van der Waals surface area contributed by atoms with E-state index in [0.29, 0.717) is 18.7 Å². The Balaban J connectivity index is 2.69. The van der Waals surface area contributed by atoms with Crippen molar-refractivity contribution in [2.24, 2.45) is 0 Å². The molecule has 1 aromatic carbocycles. The van der Waals surface area contributed by atoms with Gasteiger partial charge in [0, 0.05) is 12.1 Å². The Bertz CT molecular complexity index is 323. The van der Waals surface area contributed by atoms with Crippen molar-refractivity contribution in [1.29, 1.82) is 0 Å². The van der Waals surface area contributed by atoms with Crippen LogP contribution in [0, 0.1) is 0 Å². The summed E-state index contributed by atoms with van der Waals surface area (Å²) in [4.78, 5) is 11.5. The van der Waals surface area contributed by atoms with Gasteiger partial charge in [0.1, 0.15) is 5.75 Å². The molecule has 1 rings (SSSR count). The lowest BCUT2D eigenvalue weighted by Crippen LogP contribution is -2.22. The number of hydrogen-bond donors (Lipinski definition) is 1. The average Bonchev–Trinajstić information content (AvgIpc) is 2.27. The van der Waals surface area contributed by atoms with Gasteiger partial charge in [-0.25, -0.2) is 0 Å². The van der Waals surface area contributed by atoms with Gasteiger partial charge >= 0.3 is 0 Å². The van der Waals surface area contributed by atoms with E-state index < -0.39 is 0 Å². The van der Waals surface area contributed by atoms with Crippen LogP contribution < -0.4 is 10.1 Å². The number of ether oxygens (including phenoxy) is 1. The van der Waals surface area contributed by atoms with Crippen LogP contribution in [0.2, 0.25) is 0 Å². The van der Waals surface area contributed by atoms with Crippen molar-refractivity contribution in [3.63, 3.8) is 0 Å². The summed E-state index contributed by atoms with van der Waals surface area (Å²) in [6, 6.07) is 7.23. The predicted octanol–water partition coefficient (Wildman–Crippen LogP) is 2.23. The molecule has 0 aliphatic heterocycles. The normalized spacial score (nSPS) is 9.73. The predicted molar refractivity (Wildman–Crippen MR) is 60.2 cm³/mol. The maximum absolute atomic E-state index is 11.5. The number of nitrogens with one attached hydrogen (secondary N) is 1. The van der Waals surface area contributed by atoms with Gasteiger partial charge in [-0.2, -0.15) is 0 Å². The summed E-state index contributed by atoms with van der Waals surface area (Å²) >= 11 is 0. The Hall–Kier alpha value is -1.51. The van der Waals surface area contributed by atoms with Crippen LogP contribution in [-0.2, 0) is 0 Å². The molecule has 3 heteroatoms. The molecule has 3 nitrogen and oxygen atoms in total. The minimum Gasteiger partial charge on any atom is -0.494 e. The lowest BCUT2D eigenvalue weighted by atomic mass is 10.2. The van der Waals surface area contributed by atoms with Crippen molar-refractivity contribution in [2.75, 3.05) is 13.2 Å². The van der Waals surface area contributed by atoms with Crippen molar-refractivity contribution in [3.05, 3.63) is 29.8 Å². The van der Waals surface area contributed by atoms with Gasteiger partial charge in [0.25, 0.3) is 5.91 Å². The average molecular weight is 207 g/mol. The van der Waals surface area contributed by atoms with Crippen molar-refractivity contribution in [3.8, 4) is 5.75 Å². The number of carbonyl (C=O) groups is 1. The van der Waals surface area contributed by atoms with E-state index in [-0.39, 0.29) is 5.91 Å². The first-order valence-corrected chi connectivity index (χ1v) is 5.29. The van der Waals surface area contributed by atoms with E-state index >= 15 is 0 Å². The topological polar surface area (TPSA) is 38.3 Å². The molecule has 0 atom stereocenters. The zero-order valence-corrected chi connectivity index (χ0v) is 9.25. The van der Waals surface area contributed by atoms with Crippen molar-refractivity contribution in [2.45, 2.75) is 20.3 Å². The maximum Gasteiger partial charge on any atom is 0.251 e. The molecular formula is C12H17NO2. The summed E-state index contributed by atoms with van der Waals surface area (Å²) in [6.45, 7) is 5.26. The van der Waals surface area contributed by atoms with Crippen molar-refractivity contribution >= 4 is 5.91 Å². The fraction of sp³-hybridized carbons (Fsp3) is 0.417. The Kier molecular flexibility index (Phi) is 4.68. The molecule has 0 aliphatic rings. The summed E-state index contributed by atoms with van der Waals surface area (Å²) in [7, 11) is 0. The third-order valence-electron chi connectivity index (χ3n) is 1.91. The molecule has 0 aromatic heterocycles. The highest BCUT2D eigenvalue weighted by Crippen LogP contribution is 2.13. The van der Waals surface area contributed by atoms with Crippen LogP contribution in [0.1, 0.15) is 30.6 Å². The molecule has 0 radical (unpaired) electrons. The molecule has 0 aliphatic carbocycles. The Morgan fingerprint density at radius 1 is 1.40 bits per heavy atom. The molecule has 1 aromatic rings. The van der Waals surface area contributed by atoms with Crippen LogP contribution in [0.3, 0.4) is 0 Å². The molecule has 0 heterocycles. The molecule has 1 amide bonds. The fourth-order valence-corrected chi connectivity index (χ4v) is 1.21. The van der Waals surface area contributed by atoms with E-state index in [1.807, 2.05) is 26.0 Å². The Morgan fingerprint density at radius 3 is 2.87 bits per heavy atom. The monoisotopic (exact) mass is 207 g/mol. The second-order valence-electron chi connectivity index (χ2n) is 3.24. The second kappa shape index (κ2) is 6.06. The highest BCUT2D eigenvalue weighted by atomic mass is 16.5.